The van der Waals surface area contributed by atoms with Gasteiger partial charge < -0.3 is 24.3 Å². The highest BCUT2D eigenvalue weighted by Crippen LogP contribution is 2.52. The quantitative estimate of drug-likeness (QED) is 0.352. The summed E-state index contributed by atoms with van der Waals surface area (Å²) in [6.07, 6.45) is 5.22. The van der Waals surface area contributed by atoms with E-state index in [1.165, 1.54) is 7.11 Å². The molecule has 1 aliphatic carbocycles. The molecule has 0 saturated heterocycles. The van der Waals surface area contributed by atoms with E-state index in [0.29, 0.717) is 17.2 Å². The van der Waals surface area contributed by atoms with E-state index < -0.39 is 10.0 Å². The van der Waals surface area contributed by atoms with E-state index in [9.17, 15) is 8.42 Å². The van der Waals surface area contributed by atoms with E-state index in [-0.39, 0.29) is 29.6 Å². The zero-order chi connectivity index (χ0) is 25.7. The van der Waals surface area contributed by atoms with E-state index in [2.05, 4.69) is 38.1 Å². The maximum atomic E-state index is 13.4. The maximum absolute atomic E-state index is 13.4. The van der Waals surface area contributed by atoms with Crippen LogP contribution in [0.25, 0.3) is 0 Å². The van der Waals surface area contributed by atoms with Crippen molar-refractivity contribution in [1.82, 2.24) is 0 Å². The zero-order valence-electron chi connectivity index (χ0n) is 20.2. The van der Waals surface area contributed by atoms with Crippen molar-refractivity contribution in [2.75, 3.05) is 31.1 Å². The van der Waals surface area contributed by atoms with Gasteiger partial charge >= 0.3 is 0 Å². The van der Waals surface area contributed by atoms with Crippen molar-refractivity contribution in [2.45, 2.75) is 23.3 Å². The third kappa shape index (κ3) is 4.18. The summed E-state index contributed by atoms with van der Waals surface area (Å²) in [5, 5.41) is 3.66. The van der Waals surface area contributed by atoms with Gasteiger partial charge in [-0.3, -0.25) is 4.72 Å². The molecule has 0 aromatic heterocycles. The molecule has 3 aromatic rings. The predicted octanol–water partition coefficient (Wildman–Crippen LogP) is 5.82. The Morgan fingerprint density at radius 3 is 2.59 bits per heavy atom. The molecule has 6 rings (SSSR count). The fourth-order valence-corrected chi connectivity index (χ4v) is 6.98. The van der Waals surface area contributed by atoms with E-state index >= 15 is 0 Å². The summed E-state index contributed by atoms with van der Waals surface area (Å²) in [6, 6.07) is 14.1. The molecule has 37 heavy (non-hydrogen) atoms. The third-order valence-corrected chi connectivity index (χ3v) is 9.17. The van der Waals surface area contributed by atoms with Crippen molar-refractivity contribution in [3.8, 4) is 23.0 Å². The molecule has 0 saturated carbocycles. The summed E-state index contributed by atoms with van der Waals surface area (Å²) in [5.41, 5.74) is 3.28. The number of halogens is 1. The molecule has 2 heterocycles. The van der Waals surface area contributed by atoms with Crippen molar-refractivity contribution in [1.29, 1.82) is 0 Å². The minimum atomic E-state index is -3.87. The Bertz CT molecular complexity index is 1520. The number of methoxy groups -OCH3 is 2. The summed E-state index contributed by atoms with van der Waals surface area (Å²) >= 11 is 3.71. The highest BCUT2D eigenvalue weighted by atomic mass is 79.9. The average Bonchev–Trinajstić information content (AvgIpc) is 3.57. The summed E-state index contributed by atoms with van der Waals surface area (Å²) < 4.78 is 52.1. The Morgan fingerprint density at radius 1 is 1.00 bits per heavy atom. The van der Waals surface area contributed by atoms with Crippen LogP contribution in [-0.2, 0) is 10.0 Å². The molecule has 0 spiro atoms. The molecule has 0 amide bonds. The van der Waals surface area contributed by atoms with Crippen LogP contribution in [0.3, 0.4) is 0 Å². The van der Waals surface area contributed by atoms with E-state index in [1.807, 2.05) is 18.2 Å². The lowest BCUT2D eigenvalue weighted by Crippen LogP contribution is -2.29. The topological polar surface area (TPSA) is 95.1 Å². The molecule has 3 aromatic carbocycles. The molecule has 10 heteroatoms. The molecular formula is C27H25BrN2O6S. The minimum Gasteiger partial charge on any atom is -0.497 e. The van der Waals surface area contributed by atoms with Gasteiger partial charge in [-0.1, -0.05) is 28.1 Å². The van der Waals surface area contributed by atoms with E-state index in [0.717, 1.165) is 39.2 Å². The van der Waals surface area contributed by atoms with Crippen LogP contribution in [-0.4, -0.2) is 29.4 Å². The summed E-state index contributed by atoms with van der Waals surface area (Å²) in [7, 11) is -0.841. The second-order valence-corrected chi connectivity index (χ2v) is 11.7. The van der Waals surface area contributed by atoms with Gasteiger partial charge in [0.2, 0.25) is 6.79 Å². The van der Waals surface area contributed by atoms with E-state index in [4.69, 9.17) is 18.9 Å². The fraction of sp³-hybridized carbons (Fsp3) is 0.259. The largest absolute Gasteiger partial charge is 0.497 e. The molecule has 3 atom stereocenters. The number of nitrogens with one attached hydrogen (secondary N) is 2. The first-order valence-corrected chi connectivity index (χ1v) is 14.1. The number of allylic oxidation sites excluding steroid dienone is 2. The summed E-state index contributed by atoms with van der Waals surface area (Å²) in [6.45, 7) is 0.216. The van der Waals surface area contributed by atoms with Gasteiger partial charge in [-0.15, -0.1) is 0 Å². The summed E-state index contributed by atoms with van der Waals surface area (Å²) in [5.74, 6) is 2.69. The van der Waals surface area contributed by atoms with Crippen LogP contribution < -0.4 is 29.0 Å². The Kier molecular flexibility index (Phi) is 5.95. The van der Waals surface area contributed by atoms with Crippen molar-refractivity contribution in [2.24, 2.45) is 5.92 Å². The number of benzene rings is 3. The second kappa shape index (κ2) is 9.18. The minimum absolute atomic E-state index is 0.0144. The lowest BCUT2D eigenvalue weighted by molar-refractivity contribution is 0.174. The van der Waals surface area contributed by atoms with Gasteiger partial charge in [0, 0.05) is 22.1 Å². The number of sulfonamides is 1. The monoisotopic (exact) mass is 584 g/mol. The summed E-state index contributed by atoms with van der Waals surface area (Å²) in [4.78, 5) is 0.188. The fourth-order valence-electron chi connectivity index (χ4n) is 5.31. The predicted molar refractivity (Wildman–Crippen MR) is 143 cm³/mol. The third-order valence-electron chi connectivity index (χ3n) is 7.12. The van der Waals surface area contributed by atoms with Gasteiger partial charge in [0.25, 0.3) is 10.0 Å². The zero-order valence-corrected chi connectivity index (χ0v) is 22.6. The van der Waals surface area contributed by atoms with Crippen molar-refractivity contribution < 1.29 is 27.4 Å². The number of fused-ring (bicyclic) bond motifs is 4. The van der Waals surface area contributed by atoms with Crippen LogP contribution in [0.15, 0.2) is 70.1 Å². The Balaban J connectivity index is 1.33. The van der Waals surface area contributed by atoms with Crippen LogP contribution in [0, 0.1) is 5.92 Å². The lowest BCUT2D eigenvalue weighted by Gasteiger charge is -2.38. The highest BCUT2D eigenvalue weighted by molar-refractivity contribution is 9.10. The first-order chi connectivity index (χ1) is 17.9. The number of rotatable bonds is 6. The normalized spacial score (nSPS) is 21.1. The van der Waals surface area contributed by atoms with Crippen molar-refractivity contribution in [3.63, 3.8) is 0 Å². The molecule has 0 radical (unpaired) electrons. The molecule has 8 nitrogen and oxygen atoms in total. The molecule has 192 valence electrons. The lowest BCUT2D eigenvalue weighted by atomic mass is 9.77. The number of hydrogen-bond donors (Lipinski definition) is 2. The van der Waals surface area contributed by atoms with Crippen LogP contribution >= 0.6 is 15.9 Å². The SMILES string of the molecule is COc1ccc(NS(=O)(=O)c2ccc3c(c2)[C@H]2C=CC[C@H]2[C@@H](c2cc4c(cc2Br)OCO4)N3)c(OC)c1. The molecule has 0 unspecified atom stereocenters. The standard InChI is InChI=1S/C27H25BrN2O6S/c1-33-15-6-8-23(24(10-15)34-2)30-37(31,32)16-7-9-22-19(11-16)17-4-3-5-18(17)27(29-22)20-12-25-26(13-21(20)28)36-14-35-25/h3-4,6-13,17-18,27,29-30H,5,14H2,1-2H3/t17-,18+,27-/m0/s1. The van der Waals surface area contributed by atoms with Crippen molar-refractivity contribution >= 4 is 37.3 Å². The molecular weight excluding hydrogens is 560 g/mol. The smallest absolute Gasteiger partial charge is 0.262 e. The number of hydrogen-bond acceptors (Lipinski definition) is 7. The molecule has 0 bridgehead atoms. The molecule has 2 aliphatic heterocycles. The highest BCUT2D eigenvalue weighted by Gasteiger charge is 2.40. The Hall–Kier alpha value is -3.37. The average molecular weight is 585 g/mol. The van der Waals surface area contributed by atoms with Crippen LogP contribution in [0.2, 0.25) is 0 Å². The van der Waals surface area contributed by atoms with Crippen LogP contribution in [0.1, 0.15) is 29.5 Å². The Labute approximate surface area is 223 Å². The number of anilines is 2. The Morgan fingerprint density at radius 2 is 1.81 bits per heavy atom. The van der Waals surface area contributed by atoms with Gasteiger partial charge in [-0.2, -0.15) is 0 Å². The van der Waals surface area contributed by atoms with Crippen LogP contribution in [0.4, 0.5) is 11.4 Å². The molecule has 3 aliphatic rings. The van der Waals surface area contributed by atoms with Gasteiger partial charge in [-0.05, 0) is 65.9 Å². The van der Waals surface area contributed by atoms with Crippen molar-refractivity contribution in [3.05, 3.63) is 76.3 Å². The molecule has 0 fully saturated rings. The van der Waals surface area contributed by atoms with Crippen LogP contribution in [0.5, 0.6) is 23.0 Å². The number of ether oxygens (including phenoxy) is 4. The van der Waals surface area contributed by atoms with E-state index in [1.54, 1.807) is 37.4 Å². The van der Waals surface area contributed by atoms with Gasteiger partial charge in [-0.25, -0.2) is 8.42 Å². The first kappa shape index (κ1) is 24.0. The first-order valence-electron chi connectivity index (χ1n) is 11.8. The second-order valence-electron chi connectivity index (χ2n) is 9.12. The van der Waals surface area contributed by atoms with Gasteiger partial charge in [0.15, 0.2) is 11.5 Å². The van der Waals surface area contributed by atoms with Gasteiger partial charge in [0.1, 0.15) is 11.5 Å². The maximum Gasteiger partial charge on any atom is 0.262 e. The van der Waals surface area contributed by atoms with Gasteiger partial charge in [0.05, 0.1) is 30.8 Å². The molecule has 2 N–H and O–H groups in total.